The Morgan fingerprint density at radius 1 is 1.11 bits per heavy atom. The molecular formula is C22H23N5O. The first-order valence-electron chi connectivity index (χ1n) is 9.63. The highest BCUT2D eigenvalue weighted by molar-refractivity contribution is 5.94. The van der Waals surface area contributed by atoms with Crippen molar-refractivity contribution in [1.82, 2.24) is 14.7 Å². The van der Waals surface area contributed by atoms with E-state index in [1.54, 1.807) is 0 Å². The summed E-state index contributed by atoms with van der Waals surface area (Å²) in [7, 11) is 0. The Morgan fingerprint density at radius 3 is 2.54 bits per heavy atom. The van der Waals surface area contributed by atoms with Gasteiger partial charge in [0.2, 0.25) is 5.95 Å². The van der Waals surface area contributed by atoms with E-state index < -0.39 is 0 Å². The minimum Gasteiger partial charge on any atom is -0.397 e. The highest BCUT2D eigenvalue weighted by Crippen LogP contribution is 2.36. The Morgan fingerprint density at radius 2 is 1.89 bits per heavy atom. The van der Waals surface area contributed by atoms with Gasteiger partial charge in [-0.05, 0) is 43.5 Å². The number of hydrogen-bond donors (Lipinski definition) is 1. The van der Waals surface area contributed by atoms with Crippen molar-refractivity contribution in [2.75, 3.05) is 23.7 Å². The van der Waals surface area contributed by atoms with Crippen molar-refractivity contribution in [2.24, 2.45) is 0 Å². The molecule has 5 rings (SSSR count). The Balaban J connectivity index is 1.72. The molecule has 1 fully saturated rings. The summed E-state index contributed by atoms with van der Waals surface area (Å²) in [5, 5.41) is 4.10. The SMILES string of the molecule is Cc1noc(C)c1-c1cc(N)c2nc(N3CCC3)n(Cc3ccccc3)c2c1. The number of aromatic nitrogens is 3. The van der Waals surface area contributed by atoms with Crippen molar-refractivity contribution in [2.45, 2.75) is 26.8 Å². The lowest BCUT2D eigenvalue weighted by Crippen LogP contribution is -2.39. The molecule has 28 heavy (non-hydrogen) atoms. The van der Waals surface area contributed by atoms with Crippen molar-refractivity contribution >= 4 is 22.7 Å². The summed E-state index contributed by atoms with van der Waals surface area (Å²) in [5.41, 5.74) is 13.2. The number of rotatable bonds is 4. The second kappa shape index (κ2) is 6.41. The molecule has 142 valence electrons. The third-order valence-electron chi connectivity index (χ3n) is 5.51. The van der Waals surface area contributed by atoms with Gasteiger partial charge in [-0.3, -0.25) is 0 Å². The van der Waals surface area contributed by atoms with Crippen LogP contribution < -0.4 is 10.6 Å². The number of aryl methyl sites for hydroxylation is 2. The molecule has 0 saturated carbocycles. The van der Waals surface area contributed by atoms with Crippen LogP contribution in [0, 0.1) is 13.8 Å². The van der Waals surface area contributed by atoms with Gasteiger partial charge in [-0.2, -0.15) is 0 Å². The first kappa shape index (κ1) is 16.9. The van der Waals surface area contributed by atoms with Crippen LogP contribution in [-0.4, -0.2) is 27.8 Å². The Labute approximate surface area is 163 Å². The van der Waals surface area contributed by atoms with E-state index in [9.17, 15) is 0 Å². The fourth-order valence-electron chi connectivity index (χ4n) is 3.96. The second-order valence-corrected chi connectivity index (χ2v) is 7.46. The van der Waals surface area contributed by atoms with Crippen molar-refractivity contribution in [3.05, 3.63) is 59.5 Å². The lowest BCUT2D eigenvalue weighted by atomic mass is 10.0. The van der Waals surface area contributed by atoms with Gasteiger partial charge in [0.05, 0.1) is 23.4 Å². The molecule has 6 nitrogen and oxygen atoms in total. The third kappa shape index (κ3) is 2.64. The summed E-state index contributed by atoms with van der Waals surface area (Å²) in [4.78, 5) is 7.24. The van der Waals surface area contributed by atoms with E-state index in [0.717, 1.165) is 59.2 Å². The number of fused-ring (bicyclic) bond motifs is 1. The minimum atomic E-state index is 0.682. The van der Waals surface area contributed by atoms with Gasteiger partial charge in [0.1, 0.15) is 11.3 Å². The van der Waals surface area contributed by atoms with E-state index in [1.165, 1.54) is 12.0 Å². The van der Waals surface area contributed by atoms with Crippen LogP contribution in [0.25, 0.3) is 22.2 Å². The predicted octanol–water partition coefficient (Wildman–Crippen LogP) is 4.15. The summed E-state index contributed by atoms with van der Waals surface area (Å²) < 4.78 is 7.66. The summed E-state index contributed by atoms with van der Waals surface area (Å²) >= 11 is 0. The highest BCUT2D eigenvalue weighted by atomic mass is 16.5. The molecule has 2 N–H and O–H groups in total. The molecule has 0 aliphatic carbocycles. The molecule has 1 aliphatic heterocycles. The van der Waals surface area contributed by atoms with Gasteiger partial charge in [-0.15, -0.1) is 0 Å². The minimum absolute atomic E-state index is 0.682. The maximum Gasteiger partial charge on any atom is 0.206 e. The molecule has 4 aromatic rings. The van der Waals surface area contributed by atoms with Crippen molar-refractivity contribution in [3.8, 4) is 11.1 Å². The number of hydrogen-bond acceptors (Lipinski definition) is 5. The zero-order valence-electron chi connectivity index (χ0n) is 16.1. The summed E-state index contributed by atoms with van der Waals surface area (Å²) in [6.45, 7) is 6.72. The quantitative estimate of drug-likeness (QED) is 0.544. The van der Waals surface area contributed by atoms with Crippen LogP contribution in [0.2, 0.25) is 0 Å². The zero-order chi connectivity index (χ0) is 19.3. The fourth-order valence-corrected chi connectivity index (χ4v) is 3.96. The molecule has 0 spiro atoms. The third-order valence-corrected chi connectivity index (χ3v) is 5.51. The molecule has 6 heteroatoms. The maximum atomic E-state index is 6.45. The molecule has 1 aliphatic rings. The van der Waals surface area contributed by atoms with Gasteiger partial charge < -0.3 is 19.7 Å². The van der Waals surface area contributed by atoms with Gasteiger partial charge in [0.15, 0.2) is 0 Å². The first-order chi connectivity index (χ1) is 13.6. The number of nitrogens with two attached hydrogens (primary N) is 1. The molecule has 0 unspecified atom stereocenters. The van der Waals surface area contributed by atoms with Gasteiger partial charge in [-0.25, -0.2) is 4.98 Å². The molecule has 0 amide bonds. The Kier molecular flexibility index (Phi) is 3.86. The van der Waals surface area contributed by atoms with Gasteiger partial charge in [0, 0.05) is 18.7 Å². The number of nitrogens with zero attached hydrogens (tertiary/aromatic N) is 4. The number of imidazole rings is 1. The number of anilines is 2. The molecular weight excluding hydrogens is 350 g/mol. The van der Waals surface area contributed by atoms with Gasteiger partial charge in [0.25, 0.3) is 0 Å². The van der Waals surface area contributed by atoms with Crippen LogP contribution in [-0.2, 0) is 6.54 Å². The number of benzene rings is 2. The van der Waals surface area contributed by atoms with Crippen LogP contribution in [0.5, 0.6) is 0 Å². The molecule has 1 saturated heterocycles. The molecule has 2 aromatic carbocycles. The zero-order valence-corrected chi connectivity index (χ0v) is 16.1. The van der Waals surface area contributed by atoms with Gasteiger partial charge in [-0.1, -0.05) is 35.5 Å². The van der Waals surface area contributed by atoms with Crippen molar-refractivity contribution in [3.63, 3.8) is 0 Å². The highest BCUT2D eigenvalue weighted by Gasteiger charge is 2.24. The van der Waals surface area contributed by atoms with Crippen LogP contribution in [0.15, 0.2) is 47.0 Å². The van der Waals surface area contributed by atoms with E-state index in [0.29, 0.717) is 5.69 Å². The van der Waals surface area contributed by atoms with E-state index in [4.69, 9.17) is 15.2 Å². The van der Waals surface area contributed by atoms with Crippen LogP contribution in [0.4, 0.5) is 11.6 Å². The Hall–Kier alpha value is -3.28. The monoisotopic (exact) mass is 373 g/mol. The van der Waals surface area contributed by atoms with Crippen LogP contribution >= 0.6 is 0 Å². The van der Waals surface area contributed by atoms with Crippen molar-refractivity contribution < 1.29 is 4.52 Å². The molecule has 0 radical (unpaired) electrons. The topological polar surface area (TPSA) is 73.1 Å². The standard InChI is InChI=1S/C22H23N5O/c1-14-20(15(2)28-25-14)17-11-18(23)21-19(12-17)27(13-16-7-4-3-5-8-16)22(24-21)26-9-6-10-26/h3-5,7-8,11-12H,6,9-10,13,23H2,1-2H3. The van der Waals surface area contributed by atoms with Crippen molar-refractivity contribution in [1.29, 1.82) is 0 Å². The molecule has 2 aromatic heterocycles. The van der Waals surface area contributed by atoms with Crippen LogP contribution in [0.1, 0.15) is 23.4 Å². The summed E-state index contributed by atoms with van der Waals surface area (Å²) in [5.74, 6) is 1.79. The molecule has 0 atom stereocenters. The smallest absolute Gasteiger partial charge is 0.206 e. The van der Waals surface area contributed by atoms with E-state index in [2.05, 4.69) is 45.0 Å². The normalized spacial score (nSPS) is 13.9. The Bertz CT molecular complexity index is 1140. The lowest BCUT2D eigenvalue weighted by molar-refractivity contribution is 0.393. The maximum absolute atomic E-state index is 6.45. The van der Waals surface area contributed by atoms with E-state index in [-0.39, 0.29) is 0 Å². The average Bonchev–Trinajstić information content (AvgIpc) is 3.15. The summed E-state index contributed by atoms with van der Waals surface area (Å²) in [6.07, 6.45) is 1.20. The second-order valence-electron chi connectivity index (χ2n) is 7.46. The predicted molar refractivity (Wildman–Crippen MR) is 111 cm³/mol. The first-order valence-corrected chi connectivity index (χ1v) is 9.63. The number of nitrogen functional groups attached to an aromatic ring is 1. The van der Waals surface area contributed by atoms with E-state index in [1.807, 2.05) is 26.0 Å². The largest absolute Gasteiger partial charge is 0.397 e. The fraction of sp³-hybridized carbons (Fsp3) is 0.273. The molecule has 3 heterocycles. The molecule has 0 bridgehead atoms. The van der Waals surface area contributed by atoms with Crippen LogP contribution in [0.3, 0.4) is 0 Å². The summed E-state index contributed by atoms with van der Waals surface area (Å²) in [6, 6.07) is 14.6. The lowest BCUT2D eigenvalue weighted by Gasteiger charge is -2.32. The van der Waals surface area contributed by atoms with E-state index >= 15 is 0 Å². The van der Waals surface area contributed by atoms with Gasteiger partial charge >= 0.3 is 0 Å². The average molecular weight is 373 g/mol.